The van der Waals surface area contributed by atoms with Gasteiger partial charge in [-0.15, -0.1) is 0 Å². The molecule has 1 aromatic carbocycles. The Morgan fingerprint density at radius 2 is 1.82 bits per heavy atom. The SMILES string of the molecule is Cc1ccc(-c2cn3ccc(N)nc3n2)cc1. The molecule has 0 bridgehead atoms. The van der Waals surface area contributed by atoms with Crippen LogP contribution < -0.4 is 5.73 Å². The Labute approximate surface area is 98.8 Å². The fraction of sp³-hybridized carbons (Fsp3) is 0.0769. The van der Waals surface area contributed by atoms with E-state index >= 15 is 0 Å². The summed E-state index contributed by atoms with van der Waals surface area (Å²) in [5.74, 6) is 1.11. The number of benzene rings is 1. The molecule has 84 valence electrons. The molecule has 0 aliphatic rings. The summed E-state index contributed by atoms with van der Waals surface area (Å²) in [6.07, 6.45) is 3.81. The van der Waals surface area contributed by atoms with Crippen molar-refractivity contribution in [3.8, 4) is 11.3 Å². The van der Waals surface area contributed by atoms with Crippen molar-refractivity contribution < 1.29 is 0 Å². The zero-order valence-corrected chi connectivity index (χ0v) is 9.46. The van der Waals surface area contributed by atoms with Crippen LogP contribution in [0.3, 0.4) is 0 Å². The number of fused-ring (bicyclic) bond motifs is 1. The maximum absolute atomic E-state index is 5.63. The fourth-order valence-corrected chi connectivity index (χ4v) is 1.75. The molecule has 0 fully saturated rings. The van der Waals surface area contributed by atoms with Crippen LogP contribution in [0.5, 0.6) is 0 Å². The lowest BCUT2D eigenvalue weighted by Gasteiger charge is -1.95. The Balaban J connectivity index is 2.14. The van der Waals surface area contributed by atoms with Gasteiger partial charge in [0.2, 0.25) is 5.78 Å². The number of nitrogens with zero attached hydrogens (tertiary/aromatic N) is 3. The molecule has 2 heterocycles. The van der Waals surface area contributed by atoms with Crippen LogP contribution in [0.1, 0.15) is 5.56 Å². The average Bonchev–Trinajstić information content (AvgIpc) is 2.72. The van der Waals surface area contributed by atoms with Crippen LogP contribution in [-0.2, 0) is 0 Å². The van der Waals surface area contributed by atoms with Crippen LogP contribution >= 0.6 is 0 Å². The van der Waals surface area contributed by atoms with Gasteiger partial charge in [0.25, 0.3) is 0 Å². The highest BCUT2D eigenvalue weighted by molar-refractivity contribution is 5.62. The summed E-state index contributed by atoms with van der Waals surface area (Å²) in [7, 11) is 0. The van der Waals surface area contributed by atoms with Crippen molar-refractivity contribution in [2.75, 3.05) is 5.73 Å². The van der Waals surface area contributed by atoms with Crippen molar-refractivity contribution >= 4 is 11.6 Å². The van der Waals surface area contributed by atoms with Gasteiger partial charge in [-0.25, -0.2) is 4.98 Å². The van der Waals surface area contributed by atoms with Crippen LogP contribution in [-0.4, -0.2) is 14.4 Å². The van der Waals surface area contributed by atoms with Crippen LogP contribution in [0.25, 0.3) is 17.0 Å². The molecular weight excluding hydrogens is 212 g/mol. The molecular formula is C13H12N4. The Hall–Kier alpha value is -2.36. The summed E-state index contributed by atoms with van der Waals surface area (Å²) in [5, 5.41) is 0. The molecule has 2 N–H and O–H groups in total. The zero-order chi connectivity index (χ0) is 11.8. The first-order chi connectivity index (χ1) is 8.22. The zero-order valence-electron chi connectivity index (χ0n) is 9.46. The lowest BCUT2D eigenvalue weighted by molar-refractivity contribution is 1.11. The second-order valence-corrected chi connectivity index (χ2v) is 4.05. The van der Waals surface area contributed by atoms with Crippen LogP contribution in [0, 0.1) is 6.92 Å². The molecule has 0 spiro atoms. The Morgan fingerprint density at radius 1 is 1.06 bits per heavy atom. The second kappa shape index (κ2) is 3.59. The van der Waals surface area contributed by atoms with E-state index < -0.39 is 0 Å². The quantitative estimate of drug-likeness (QED) is 0.690. The molecule has 0 aliphatic heterocycles. The van der Waals surface area contributed by atoms with Gasteiger partial charge in [-0.3, -0.25) is 4.40 Å². The van der Waals surface area contributed by atoms with Gasteiger partial charge >= 0.3 is 0 Å². The van der Waals surface area contributed by atoms with E-state index in [1.165, 1.54) is 5.56 Å². The third kappa shape index (κ3) is 1.73. The molecule has 2 aromatic heterocycles. The van der Waals surface area contributed by atoms with Crippen LogP contribution in [0.15, 0.2) is 42.7 Å². The van der Waals surface area contributed by atoms with Crippen molar-refractivity contribution in [1.29, 1.82) is 0 Å². The van der Waals surface area contributed by atoms with Crippen molar-refractivity contribution in [2.24, 2.45) is 0 Å². The van der Waals surface area contributed by atoms with Crippen molar-refractivity contribution in [3.63, 3.8) is 0 Å². The van der Waals surface area contributed by atoms with E-state index in [1.54, 1.807) is 6.07 Å². The van der Waals surface area contributed by atoms with E-state index in [0.29, 0.717) is 11.6 Å². The summed E-state index contributed by atoms with van der Waals surface area (Å²) < 4.78 is 1.87. The third-order valence-corrected chi connectivity index (χ3v) is 2.70. The highest BCUT2D eigenvalue weighted by atomic mass is 15.1. The number of aryl methyl sites for hydroxylation is 1. The van der Waals surface area contributed by atoms with Gasteiger partial charge < -0.3 is 5.73 Å². The minimum absolute atomic E-state index is 0.485. The number of anilines is 1. The molecule has 17 heavy (non-hydrogen) atoms. The Kier molecular flexibility index (Phi) is 2.08. The largest absolute Gasteiger partial charge is 0.384 e. The van der Waals surface area contributed by atoms with E-state index in [1.807, 2.05) is 16.8 Å². The summed E-state index contributed by atoms with van der Waals surface area (Å²) in [5.41, 5.74) is 8.85. The number of hydrogen-bond acceptors (Lipinski definition) is 3. The smallest absolute Gasteiger partial charge is 0.236 e. The predicted molar refractivity (Wildman–Crippen MR) is 67.6 cm³/mol. The molecule has 0 aliphatic carbocycles. The number of aromatic nitrogens is 3. The number of rotatable bonds is 1. The average molecular weight is 224 g/mol. The molecule has 0 atom stereocenters. The topological polar surface area (TPSA) is 56.2 Å². The van der Waals surface area contributed by atoms with E-state index in [4.69, 9.17) is 5.73 Å². The lowest BCUT2D eigenvalue weighted by Crippen LogP contribution is -1.93. The number of nitrogen functional groups attached to an aromatic ring is 1. The normalized spacial score (nSPS) is 10.9. The first-order valence-corrected chi connectivity index (χ1v) is 5.41. The maximum Gasteiger partial charge on any atom is 0.236 e. The monoisotopic (exact) mass is 224 g/mol. The van der Waals surface area contributed by atoms with E-state index in [0.717, 1.165) is 11.3 Å². The van der Waals surface area contributed by atoms with Gasteiger partial charge in [0, 0.05) is 18.0 Å². The van der Waals surface area contributed by atoms with Crippen molar-refractivity contribution in [1.82, 2.24) is 14.4 Å². The minimum Gasteiger partial charge on any atom is -0.384 e. The number of imidazole rings is 1. The first kappa shape index (κ1) is 9.84. The van der Waals surface area contributed by atoms with Gasteiger partial charge in [-0.2, -0.15) is 4.98 Å². The van der Waals surface area contributed by atoms with Crippen molar-refractivity contribution in [3.05, 3.63) is 48.3 Å². The highest BCUT2D eigenvalue weighted by Gasteiger charge is 2.04. The molecule has 0 saturated carbocycles. The summed E-state index contributed by atoms with van der Waals surface area (Å²) in [4.78, 5) is 8.61. The van der Waals surface area contributed by atoms with E-state index in [2.05, 4.69) is 41.2 Å². The molecule has 0 amide bonds. The summed E-state index contributed by atoms with van der Waals surface area (Å²) in [6.45, 7) is 2.07. The number of nitrogens with two attached hydrogens (primary N) is 1. The summed E-state index contributed by atoms with van der Waals surface area (Å²) >= 11 is 0. The predicted octanol–water partition coefficient (Wildman–Crippen LogP) is 2.29. The third-order valence-electron chi connectivity index (χ3n) is 2.70. The van der Waals surface area contributed by atoms with Gasteiger partial charge in [-0.1, -0.05) is 29.8 Å². The van der Waals surface area contributed by atoms with Crippen molar-refractivity contribution in [2.45, 2.75) is 6.92 Å². The molecule has 3 aromatic rings. The lowest BCUT2D eigenvalue weighted by atomic mass is 10.1. The van der Waals surface area contributed by atoms with E-state index in [9.17, 15) is 0 Å². The summed E-state index contributed by atoms with van der Waals surface area (Å²) in [6, 6.07) is 10.0. The maximum atomic E-state index is 5.63. The highest BCUT2D eigenvalue weighted by Crippen LogP contribution is 2.19. The molecule has 4 nitrogen and oxygen atoms in total. The Morgan fingerprint density at radius 3 is 2.59 bits per heavy atom. The first-order valence-electron chi connectivity index (χ1n) is 5.41. The molecule has 3 rings (SSSR count). The van der Waals surface area contributed by atoms with Gasteiger partial charge in [-0.05, 0) is 13.0 Å². The molecule has 4 heteroatoms. The molecule has 0 unspecified atom stereocenters. The minimum atomic E-state index is 0.485. The standard InChI is InChI=1S/C13H12N4/c1-9-2-4-10(5-3-9)11-8-17-7-6-12(14)16-13(17)15-11/h2-8H,1H3,(H2,14,15,16). The van der Waals surface area contributed by atoms with Gasteiger partial charge in [0.15, 0.2) is 0 Å². The molecule has 0 saturated heterocycles. The van der Waals surface area contributed by atoms with Crippen LogP contribution in [0.4, 0.5) is 5.82 Å². The Bertz CT molecular complexity index is 667. The second-order valence-electron chi connectivity index (χ2n) is 4.05. The molecule has 0 radical (unpaired) electrons. The van der Waals surface area contributed by atoms with E-state index in [-0.39, 0.29) is 0 Å². The fourth-order valence-electron chi connectivity index (χ4n) is 1.75. The van der Waals surface area contributed by atoms with Crippen LogP contribution in [0.2, 0.25) is 0 Å². The van der Waals surface area contributed by atoms with Gasteiger partial charge in [0.05, 0.1) is 5.69 Å². The number of hydrogen-bond donors (Lipinski definition) is 1. The van der Waals surface area contributed by atoms with Gasteiger partial charge in [0.1, 0.15) is 5.82 Å².